The van der Waals surface area contributed by atoms with Gasteiger partial charge in [-0.3, -0.25) is 9.36 Å². The van der Waals surface area contributed by atoms with Crippen LogP contribution in [-0.4, -0.2) is 19.0 Å². The van der Waals surface area contributed by atoms with Gasteiger partial charge in [0.15, 0.2) is 0 Å². The smallest absolute Gasteiger partial charge is 0.299 e. The van der Waals surface area contributed by atoms with Crippen molar-refractivity contribution in [1.82, 2.24) is 9.29 Å². The summed E-state index contributed by atoms with van der Waals surface area (Å²) < 4.78 is 30.8. The average molecular weight is 367 g/mol. The summed E-state index contributed by atoms with van der Waals surface area (Å²) in [4.78, 5) is 12.3. The van der Waals surface area contributed by atoms with Gasteiger partial charge in [-0.05, 0) is 55.7 Å². The molecule has 0 spiro atoms. The molecule has 2 aliphatic carbocycles. The largest absolute Gasteiger partial charge is 0.308 e. The summed E-state index contributed by atoms with van der Waals surface area (Å²) in [7, 11) is -3.53. The molecule has 5 nitrogen and oxygen atoms in total. The lowest BCUT2D eigenvalue weighted by Crippen LogP contribution is -2.38. The van der Waals surface area contributed by atoms with Crippen LogP contribution in [-0.2, 0) is 16.6 Å². The van der Waals surface area contributed by atoms with Crippen molar-refractivity contribution >= 4 is 31.6 Å². The summed E-state index contributed by atoms with van der Waals surface area (Å²) in [5, 5.41) is 0. The van der Waals surface area contributed by atoms with E-state index in [-0.39, 0.29) is 15.8 Å². The first kappa shape index (κ1) is 16.3. The minimum Gasteiger partial charge on any atom is -0.299 e. The van der Waals surface area contributed by atoms with E-state index >= 15 is 0 Å². The van der Waals surface area contributed by atoms with Crippen LogP contribution < -0.4 is 9.60 Å². The molecule has 0 saturated heterocycles. The molecule has 2 aromatic rings. The molecule has 24 heavy (non-hydrogen) atoms. The van der Waals surface area contributed by atoms with Crippen molar-refractivity contribution in [2.45, 2.75) is 56.5 Å². The Morgan fingerprint density at radius 2 is 2.12 bits per heavy atom. The molecule has 2 aliphatic rings. The van der Waals surface area contributed by atoms with Crippen molar-refractivity contribution in [3.8, 4) is 0 Å². The Morgan fingerprint density at radius 3 is 2.79 bits per heavy atom. The highest BCUT2D eigenvalue weighted by Gasteiger charge is 2.41. The maximum Gasteiger partial charge on any atom is 0.308 e. The van der Waals surface area contributed by atoms with E-state index < -0.39 is 10.0 Å². The first-order chi connectivity index (χ1) is 11.5. The van der Waals surface area contributed by atoms with Crippen molar-refractivity contribution in [3.63, 3.8) is 0 Å². The van der Waals surface area contributed by atoms with Gasteiger partial charge in [-0.25, -0.2) is 13.1 Å². The molecular formula is C17H22N2O3S2. The average Bonchev–Trinajstić information content (AvgIpc) is 3.22. The second-order valence-corrected chi connectivity index (χ2v) is 9.76. The van der Waals surface area contributed by atoms with Gasteiger partial charge in [0.05, 0.1) is 15.1 Å². The molecule has 1 N–H and O–H groups in total. The number of nitrogens with one attached hydrogen (secondary N) is 1. The predicted octanol–water partition coefficient (Wildman–Crippen LogP) is 2.94. The van der Waals surface area contributed by atoms with E-state index in [1.165, 1.54) is 6.42 Å². The molecule has 0 aliphatic heterocycles. The maximum absolute atomic E-state index is 12.7. The fourth-order valence-electron chi connectivity index (χ4n) is 4.31. The highest BCUT2D eigenvalue weighted by Crippen LogP contribution is 2.44. The summed E-state index contributed by atoms with van der Waals surface area (Å²) in [6, 6.07) is 5.10. The molecule has 2 bridgehead atoms. The van der Waals surface area contributed by atoms with Crippen LogP contribution in [0.1, 0.15) is 39.0 Å². The molecule has 7 heteroatoms. The first-order valence-electron chi connectivity index (χ1n) is 8.63. The quantitative estimate of drug-likeness (QED) is 0.885. The Kier molecular flexibility index (Phi) is 4.05. The van der Waals surface area contributed by atoms with E-state index in [0.29, 0.717) is 18.4 Å². The summed E-state index contributed by atoms with van der Waals surface area (Å²) in [5.41, 5.74) is 0.825. The van der Waals surface area contributed by atoms with Crippen LogP contribution >= 0.6 is 11.3 Å². The van der Waals surface area contributed by atoms with Crippen molar-refractivity contribution in [3.05, 3.63) is 27.9 Å². The van der Waals surface area contributed by atoms with E-state index in [9.17, 15) is 13.2 Å². The highest BCUT2D eigenvalue weighted by molar-refractivity contribution is 7.89. The van der Waals surface area contributed by atoms with Gasteiger partial charge in [-0.2, -0.15) is 0 Å². The summed E-state index contributed by atoms with van der Waals surface area (Å²) in [6.07, 6.45) is 5.38. The van der Waals surface area contributed by atoms with Crippen molar-refractivity contribution in [2.24, 2.45) is 11.8 Å². The van der Waals surface area contributed by atoms with Gasteiger partial charge in [0.25, 0.3) is 0 Å². The molecule has 1 aromatic heterocycles. The molecule has 130 valence electrons. The zero-order valence-electron chi connectivity index (χ0n) is 13.7. The maximum atomic E-state index is 12.7. The zero-order valence-corrected chi connectivity index (χ0v) is 15.3. The van der Waals surface area contributed by atoms with Gasteiger partial charge < -0.3 is 0 Å². The highest BCUT2D eigenvalue weighted by atomic mass is 32.2. The van der Waals surface area contributed by atoms with Crippen LogP contribution in [0, 0.1) is 11.8 Å². The van der Waals surface area contributed by atoms with Crippen LogP contribution in [0.5, 0.6) is 0 Å². The van der Waals surface area contributed by atoms with E-state index in [1.807, 2.05) is 6.92 Å². The molecule has 1 aromatic carbocycles. The lowest BCUT2D eigenvalue weighted by atomic mass is 9.96. The third-order valence-corrected chi connectivity index (χ3v) is 7.87. The minimum atomic E-state index is -3.53. The standard InChI is InChI=1S/C17H22N2O3S2/c1-2-7-19-15-6-5-13(10-16(15)23-17(19)20)24(21,22)18-14-9-11-3-4-12(14)8-11/h5-6,10-12,14,18H,2-4,7-9H2,1H3/t11-,12-,14-/m1/s1. The molecular weight excluding hydrogens is 344 g/mol. The van der Waals surface area contributed by atoms with Gasteiger partial charge in [-0.1, -0.05) is 24.7 Å². The second kappa shape index (κ2) is 5.97. The van der Waals surface area contributed by atoms with Crippen LogP contribution in [0.2, 0.25) is 0 Å². The molecule has 2 fully saturated rings. The van der Waals surface area contributed by atoms with Gasteiger partial charge in [0.1, 0.15) is 0 Å². The molecule has 3 atom stereocenters. The van der Waals surface area contributed by atoms with Gasteiger partial charge in [0.2, 0.25) is 10.0 Å². The van der Waals surface area contributed by atoms with Crippen LogP contribution in [0.25, 0.3) is 10.2 Å². The number of hydrogen-bond acceptors (Lipinski definition) is 4. The minimum absolute atomic E-state index is 0.0255. The Morgan fingerprint density at radius 1 is 1.29 bits per heavy atom. The third kappa shape index (κ3) is 2.72. The fourth-order valence-corrected chi connectivity index (χ4v) is 6.68. The van der Waals surface area contributed by atoms with Crippen LogP contribution in [0.4, 0.5) is 0 Å². The predicted molar refractivity (Wildman–Crippen MR) is 95.9 cm³/mol. The Hall–Kier alpha value is -1.18. The zero-order chi connectivity index (χ0) is 16.9. The Bertz CT molecular complexity index is 929. The molecule has 4 rings (SSSR count). The van der Waals surface area contributed by atoms with Crippen LogP contribution in [0.3, 0.4) is 0 Å². The molecule has 2 saturated carbocycles. The van der Waals surface area contributed by atoms with Crippen molar-refractivity contribution < 1.29 is 8.42 Å². The Balaban J connectivity index is 1.64. The lowest BCUT2D eigenvalue weighted by molar-refractivity contribution is 0.390. The number of sulfonamides is 1. The lowest BCUT2D eigenvalue weighted by Gasteiger charge is -2.22. The third-order valence-electron chi connectivity index (χ3n) is 5.44. The number of aryl methyl sites for hydroxylation is 1. The normalized spacial score (nSPS) is 26.5. The SMILES string of the molecule is CCCn1c(=O)sc2cc(S(=O)(=O)N[C@@H]3C[C@@H]4CC[C@@H]3C4)ccc21. The molecule has 1 heterocycles. The van der Waals surface area contributed by atoms with E-state index in [1.54, 1.807) is 22.8 Å². The number of hydrogen-bond donors (Lipinski definition) is 1. The summed E-state index contributed by atoms with van der Waals surface area (Å²) in [5.74, 6) is 1.19. The van der Waals surface area contributed by atoms with Gasteiger partial charge in [-0.15, -0.1) is 0 Å². The van der Waals surface area contributed by atoms with Crippen molar-refractivity contribution in [1.29, 1.82) is 0 Å². The first-order valence-corrected chi connectivity index (χ1v) is 10.9. The summed E-state index contributed by atoms with van der Waals surface area (Å²) in [6.45, 7) is 2.68. The number of thiazole rings is 1. The van der Waals surface area contributed by atoms with E-state index in [0.717, 1.165) is 47.2 Å². The van der Waals surface area contributed by atoms with E-state index in [2.05, 4.69) is 4.72 Å². The van der Waals surface area contributed by atoms with Crippen molar-refractivity contribution in [2.75, 3.05) is 0 Å². The second-order valence-electron chi connectivity index (χ2n) is 7.05. The van der Waals surface area contributed by atoms with Crippen LogP contribution in [0.15, 0.2) is 27.9 Å². The topological polar surface area (TPSA) is 68.2 Å². The Labute approximate surface area is 145 Å². The van der Waals surface area contributed by atoms with Gasteiger partial charge >= 0.3 is 4.87 Å². The number of aromatic nitrogens is 1. The molecule has 0 amide bonds. The van der Waals surface area contributed by atoms with E-state index in [4.69, 9.17) is 0 Å². The molecule has 0 radical (unpaired) electrons. The number of benzene rings is 1. The molecule has 0 unspecified atom stereocenters. The van der Waals surface area contributed by atoms with Gasteiger partial charge in [0, 0.05) is 12.6 Å². The monoisotopic (exact) mass is 366 g/mol. The fraction of sp³-hybridized carbons (Fsp3) is 0.588. The summed E-state index contributed by atoms with van der Waals surface area (Å²) >= 11 is 1.12. The number of rotatable bonds is 5. The number of fused-ring (bicyclic) bond motifs is 3. The number of nitrogens with zero attached hydrogens (tertiary/aromatic N) is 1.